The second-order valence-electron chi connectivity index (χ2n) is 15.8. The molecular weight excluding hydrogens is 731 g/mol. The van der Waals surface area contributed by atoms with E-state index >= 15 is 0 Å². The number of phosphoric ester groups is 1. The Kier molecular flexibility index (Phi) is 40.9. The predicted molar refractivity (Wildman–Crippen MR) is 229 cm³/mol. The molecule has 0 spiro atoms. The van der Waals surface area contributed by atoms with Crippen molar-refractivity contribution < 1.29 is 47.8 Å². The van der Waals surface area contributed by atoms with Crippen molar-refractivity contribution in [2.75, 3.05) is 26.4 Å². The number of carbonyl (C=O) groups is 2. The Morgan fingerprint density at radius 2 is 0.875 bits per heavy atom. The highest BCUT2D eigenvalue weighted by molar-refractivity contribution is 7.47. The lowest BCUT2D eigenvalue weighted by Crippen LogP contribution is -2.29. The molecule has 0 bridgehead atoms. The van der Waals surface area contributed by atoms with E-state index in [-0.39, 0.29) is 19.4 Å². The highest BCUT2D eigenvalue weighted by Gasteiger charge is 2.27. The van der Waals surface area contributed by atoms with Gasteiger partial charge in [-0.25, -0.2) is 4.57 Å². The first-order valence-electron chi connectivity index (χ1n) is 23.1. The summed E-state index contributed by atoms with van der Waals surface area (Å²) in [7, 11) is -4.61. The van der Waals surface area contributed by atoms with Gasteiger partial charge in [0.1, 0.15) is 12.7 Å². The Bertz CT molecular complexity index is 946. The van der Waals surface area contributed by atoms with Crippen molar-refractivity contribution in [3.63, 3.8) is 0 Å². The van der Waals surface area contributed by atoms with Crippen molar-refractivity contribution in [1.82, 2.24) is 0 Å². The summed E-state index contributed by atoms with van der Waals surface area (Å²) in [6.45, 7) is 2.41. The van der Waals surface area contributed by atoms with Gasteiger partial charge in [-0.15, -0.1) is 0 Å². The number of rotatable bonds is 44. The molecule has 0 aliphatic heterocycles. The molecular formula is C45H87O10P. The number of esters is 2. The summed E-state index contributed by atoms with van der Waals surface area (Å²) in [5, 5.41) is 18.3. The number of hydrogen-bond acceptors (Lipinski definition) is 9. The summed E-state index contributed by atoms with van der Waals surface area (Å²) in [6, 6.07) is 0. The topological polar surface area (TPSA) is 149 Å². The van der Waals surface area contributed by atoms with E-state index < -0.39 is 51.8 Å². The number of ether oxygens (including phenoxy) is 2. The monoisotopic (exact) mass is 819 g/mol. The second kappa shape index (κ2) is 41.9. The van der Waals surface area contributed by atoms with E-state index in [4.69, 9.17) is 23.6 Å². The lowest BCUT2D eigenvalue weighted by atomic mass is 10.0. The fraction of sp³-hybridized carbons (Fsp3) is 0.911. The van der Waals surface area contributed by atoms with Gasteiger partial charge in [0, 0.05) is 12.8 Å². The van der Waals surface area contributed by atoms with Crippen LogP contribution in [0.4, 0.5) is 0 Å². The Labute approximate surface area is 343 Å². The Morgan fingerprint density at radius 3 is 1.29 bits per heavy atom. The summed E-state index contributed by atoms with van der Waals surface area (Å²) in [5.41, 5.74) is 0. The molecule has 0 fully saturated rings. The molecule has 10 nitrogen and oxygen atoms in total. The van der Waals surface area contributed by atoms with Crippen molar-refractivity contribution in [1.29, 1.82) is 0 Å². The first-order valence-corrected chi connectivity index (χ1v) is 24.6. The van der Waals surface area contributed by atoms with Gasteiger partial charge in [-0.05, 0) is 38.5 Å². The summed E-state index contributed by atoms with van der Waals surface area (Å²) < 4.78 is 32.8. The van der Waals surface area contributed by atoms with Gasteiger partial charge in [-0.1, -0.05) is 187 Å². The summed E-state index contributed by atoms with van der Waals surface area (Å²) in [5.74, 6) is -0.918. The van der Waals surface area contributed by atoms with Gasteiger partial charge in [0.25, 0.3) is 0 Å². The molecule has 0 aliphatic carbocycles. The molecule has 0 aromatic carbocycles. The van der Waals surface area contributed by atoms with Crippen LogP contribution in [0.2, 0.25) is 0 Å². The molecule has 0 rings (SSSR count). The third-order valence-corrected chi connectivity index (χ3v) is 11.1. The molecule has 3 atom stereocenters. The first kappa shape index (κ1) is 54.7. The lowest BCUT2D eigenvalue weighted by Gasteiger charge is -2.20. The van der Waals surface area contributed by atoms with Crippen LogP contribution in [0.15, 0.2) is 12.2 Å². The fourth-order valence-corrected chi connectivity index (χ4v) is 7.37. The number of carbonyl (C=O) groups excluding carboxylic acids is 2. The van der Waals surface area contributed by atoms with Crippen LogP contribution in [-0.4, -0.2) is 65.7 Å². The minimum Gasteiger partial charge on any atom is -0.462 e. The van der Waals surface area contributed by atoms with Gasteiger partial charge < -0.3 is 24.6 Å². The van der Waals surface area contributed by atoms with Crippen LogP contribution in [0.3, 0.4) is 0 Å². The number of aliphatic hydroxyl groups excluding tert-OH is 2. The van der Waals surface area contributed by atoms with E-state index in [1.54, 1.807) is 0 Å². The average Bonchev–Trinajstić information content (AvgIpc) is 3.19. The normalized spacial score (nSPS) is 13.9. The molecule has 0 radical (unpaired) electrons. The smallest absolute Gasteiger partial charge is 0.462 e. The predicted octanol–water partition coefficient (Wildman–Crippen LogP) is 12.4. The Balaban J connectivity index is 4.21. The Morgan fingerprint density at radius 1 is 0.518 bits per heavy atom. The maximum atomic E-state index is 12.6. The van der Waals surface area contributed by atoms with Gasteiger partial charge in [-0.2, -0.15) is 0 Å². The van der Waals surface area contributed by atoms with Crippen LogP contribution in [0.1, 0.15) is 226 Å². The van der Waals surface area contributed by atoms with Gasteiger partial charge in [0.05, 0.1) is 19.8 Å². The minimum atomic E-state index is -4.61. The van der Waals surface area contributed by atoms with E-state index in [9.17, 15) is 24.2 Å². The molecule has 0 saturated heterocycles. The molecule has 0 amide bonds. The summed E-state index contributed by atoms with van der Waals surface area (Å²) in [4.78, 5) is 35.0. The third-order valence-electron chi connectivity index (χ3n) is 10.2. The highest BCUT2D eigenvalue weighted by atomic mass is 31.2. The first-order chi connectivity index (χ1) is 27.2. The highest BCUT2D eigenvalue weighted by Crippen LogP contribution is 2.43. The number of phosphoric acid groups is 1. The standard InChI is InChI=1S/C45H87O10P/c1-3-5-7-9-11-13-15-17-19-20-21-22-23-25-26-28-30-32-34-36-44(48)52-40-43(41-54-56(50,51)53-39-42(47)38-46)55-45(49)37-35-33-31-29-27-24-18-16-14-12-10-8-6-4-2/h20-21,42-43,46-47H,3-19,22-41H2,1-2H3,(H,50,51)/b21-20-/t42-,43+/m0/s1. The number of hydrogen-bond donors (Lipinski definition) is 3. The SMILES string of the molecule is CCCCCCCCCC/C=C\CCCCCCCCCC(=O)OC[C@H](COP(=O)(O)OC[C@@H](O)CO)OC(=O)CCCCCCCCCCCCCCCC. The van der Waals surface area contributed by atoms with E-state index in [1.165, 1.54) is 141 Å². The lowest BCUT2D eigenvalue weighted by molar-refractivity contribution is -0.161. The van der Waals surface area contributed by atoms with Crippen molar-refractivity contribution in [2.45, 2.75) is 238 Å². The van der Waals surface area contributed by atoms with Crippen LogP contribution in [-0.2, 0) is 32.7 Å². The number of aliphatic hydroxyl groups is 2. The van der Waals surface area contributed by atoms with Crippen molar-refractivity contribution in [2.24, 2.45) is 0 Å². The van der Waals surface area contributed by atoms with Crippen LogP contribution < -0.4 is 0 Å². The quantitative estimate of drug-likeness (QED) is 0.0235. The molecule has 56 heavy (non-hydrogen) atoms. The van der Waals surface area contributed by atoms with E-state index in [0.717, 1.165) is 44.9 Å². The fourth-order valence-electron chi connectivity index (χ4n) is 6.58. The van der Waals surface area contributed by atoms with E-state index in [0.29, 0.717) is 12.8 Å². The van der Waals surface area contributed by atoms with Crippen molar-refractivity contribution in [3.05, 3.63) is 12.2 Å². The van der Waals surface area contributed by atoms with Gasteiger partial charge in [0.2, 0.25) is 0 Å². The molecule has 0 aliphatic rings. The third kappa shape index (κ3) is 40.9. The zero-order valence-corrected chi connectivity index (χ0v) is 37.0. The zero-order chi connectivity index (χ0) is 41.2. The minimum absolute atomic E-state index is 0.189. The Hall–Kier alpha value is -1.29. The molecule has 332 valence electrons. The molecule has 0 saturated carbocycles. The molecule has 0 aromatic heterocycles. The molecule has 1 unspecified atom stereocenters. The molecule has 3 N–H and O–H groups in total. The van der Waals surface area contributed by atoms with Crippen LogP contribution in [0, 0.1) is 0 Å². The van der Waals surface area contributed by atoms with E-state index in [1.807, 2.05) is 0 Å². The zero-order valence-electron chi connectivity index (χ0n) is 36.1. The van der Waals surface area contributed by atoms with Crippen LogP contribution >= 0.6 is 7.82 Å². The second-order valence-corrected chi connectivity index (χ2v) is 17.2. The van der Waals surface area contributed by atoms with E-state index in [2.05, 4.69) is 26.0 Å². The largest absolute Gasteiger partial charge is 0.472 e. The van der Waals surface area contributed by atoms with Gasteiger partial charge >= 0.3 is 19.8 Å². The van der Waals surface area contributed by atoms with Crippen LogP contribution in [0.5, 0.6) is 0 Å². The van der Waals surface area contributed by atoms with Gasteiger partial charge in [0.15, 0.2) is 6.10 Å². The van der Waals surface area contributed by atoms with Crippen molar-refractivity contribution in [3.8, 4) is 0 Å². The summed E-state index contributed by atoms with van der Waals surface area (Å²) in [6.07, 6.45) is 40.3. The maximum Gasteiger partial charge on any atom is 0.472 e. The van der Waals surface area contributed by atoms with Crippen LogP contribution in [0.25, 0.3) is 0 Å². The van der Waals surface area contributed by atoms with Gasteiger partial charge in [-0.3, -0.25) is 18.6 Å². The number of unbranched alkanes of at least 4 members (excludes halogenated alkanes) is 28. The molecule has 11 heteroatoms. The number of allylic oxidation sites excluding steroid dienone is 2. The summed E-state index contributed by atoms with van der Waals surface area (Å²) >= 11 is 0. The molecule has 0 heterocycles. The average molecular weight is 819 g/mol. The molecule has 0 aromatic rings. The maximum absolute atomic E-state index is 12.6. The van der Waals surface area contributed by atoms with Crippen molar-refractivity contribution >= 4 is 19.8 Å².